The zero-order valence-electron chi connectivity index (χ0n) is 19.5. The van der Waals surface area contributed by atoms with Gasteiger partial charge in [-0.25, -0.2) is 0 Å². The van der Waals surface area contributed by atoms with Crippen LogP contribution in [0.2, 0.25) is 0 Å². The highest BCUT2D eigenvalue weighted by Gasteiger charge is 2.46. The molecule has 1 amide bonds. The Morgan fingerprint density at radius 1 is 0.912 bits per heavy atom. The Hall–Kier alpha value is -3.38. The molecule has 0 saturated carbocycles. The molecule has 1 aliphatic rings. The van der Waals surface area contributed by atoms with Crippen LogP contribution in [0.1, 0.15) is 36.6 Å². The number of carbonyl (C=O) groups excluding carboxylic acids is 2. The second-order valence-corrected chi connectivity index (χ2v) is 9.19. The largest absolute Gasteiger partial charge is 0.507 e. The Labute approximate surface area is 208 Å². The van der Waals surface area contributed by atoms with Gasteiger partial charge in [0.15, 0.2) is 0 Å². The maximum atomic E-state index is 13.3. The molecule has 1 unspecified atom stereocenters. The summed E-state index contributed by atoms with van der Waals surface area (Å²) in [5, 5.41) is 11.2. The number of aryl methyl sites for hydroxylation is 1. The van der Waals surface area contributed by atoms with E-state index in [-0.39, 0.29) is 11.3 Å². The van der Waals surface area contributed by atoms with E-state index < -0.39 is 17.7 Å². The van der Waals surface area contributed by atoms with Crippen LogP contribution in [-0.4, -0.2) is 29.9 Å². The first-order chi connectivity index (χ1) is 16.3. The van der Waals surface area contributed by atoms with Gasteiger partial charge >= 0.3 is 0 Å². The molecule has 3 aromatic rings. The number of amides is 1. The summed E-state index contributed by atoms with van der Waals surface area (Å²) in [6.45, 7) is 7.92. The van der Waals surface area contributed by atoms with Crippen molar-refractivity contribution in [3.63, 3.8) is 0 Å². The maximum Gasteiger partial charge on any atom is 0.300 e. The highest BCUT2D eigenvalue weighted by molar-refractivity contribution is 9.10. The van der Waals surface area contributed by atoms with E-state index in [4.69, 9.17) is 0 Å². The molecule has 5 nitrogen and oxygen atoms in total. The molecule has 1 heterocycles. The lowest BCUT2D eigenvalue weighted by Crippen LogP contribution is -2.29. The molecule has 4 rings (SSSR count). The first kappa shape index (κ1) is 23.8. The lowest BCUT2D eigenvalue weighted by molar-refractivity contribution is -0.132. The average molecular weight is 519 g/mol. The third-order valence-electron chi connectivity index (χ3n) is 6.21. The topological polar surface area (TPSA) is 60.9 Å². The van der Waals surface area contributed by atoms with Crippen molar-refractivity contribution >= 4 is 44.8 Å². The lowest BCUT2D eigenvalue weighted by Gasteiger charge is -2.27. The zero-order chi connectivity index (χ0) is 24.4. The van der Waals surface area contributed by atoms with E-state index in [0.717, 1.165) is 34.4 Å². The van der Waals surface area contributed by atoms with Gasteiger partial charge in [0.05, 0.1) is 11.6 Å². The van der Waals surface area contributed by atoms with Gasteiger partial charge in [0.25, 0.3) is 11.7 Å². The number of carbonyl (C=O) groups is 2. The highest BCUT2D eigenvalue weighted by atomic mass is 79.9. The number of anilines is 2. The summed E-state index contributed by atoms with van der Waals surface area (Å²) in [7, 11) is 0. The molecular weight excluding hydrogens is 492 g/mol. The first-order valence-electron chi connectivity index (χ1n) is 11.3. The van der Waals surface area contributed by atoms with Gasteiger partial charge in [-0.1, -0.05) is 57.9 Å². The molecule has 1 aliphatic heterocycles. The number of Topliss-reactive ketones (excluding diaryl/α,β-unsaturated/α-hetero) is 1. The van der Waals surface area contributed by atoms with Crippen molar-refractivity contribution in [1.29, 1.82) is 0 Å². The predicted octanol–water partition coefficient (Wildman–Crippen LogP) is 6.23. The molecule has 1 atom stereocenters. The van der Waals surface area contributed by atoms with Crippen molar-refractivity contribution in [3.8, 4) is 0 Å². The van der Waals surface area contributed by atoms with Crippen LogP contribution in [0.25, 0.3) is 5.76 Å². The van der Waals surface area contributed by atoms with Crippen molar-refractivity contribution in [1.82, 2.24) is 0 Å². The van der Waals surface area contributed by atoms with Crippen LogP contribution in [0.3, 0.4) is 0 Å². The van der Waals surface area contributed by atoms with Crippen LogP contribution in [-0.2, 0) is 9.59 Å². The summed E-state index contributed by atoms with van der Waals surface area (Å²) in [5.41, 5.74) is 4.05. The quantitative estimate of drug-likeness (QED) is 0.238. The molecule has 1 saturated heterocycles. The van der Waals surface area contributed by atoms with Crippen LogP contribution in [0.5, 0.6) is 0 Å². The van der Waals surface area contributed by atoms with Crippen LogP contribution in [0.15, 0.2) is 82.8 Å². The van der Waals surface area contributed by atoms with E-state index in [1.165, 1.54) is 4.90 Å². The number of aliphatic hydroxyl groups is 1. The monoisotopic (exact) mass is 518 g/mol. The second-order valence-electron chi connectivity index (χ2n) is 8.28. The zero-order valence-corrected chi connectivity index (χ0v) is 21.0. The standard InChI is InChI=1S/C28H27BrN2O3/c1-4-30(5-2)22-16-10-19(11-17-22)25-24(26(32)20-8-12-21(29)13-9-20)27(33)28(34)31(25)23-14-6-18(3)7-15-23/h6-17,25,32H,4-5H2,1-3H3/b26-24-. The maximum absolute atomic E-state index is 13.3. The molecule has 0 bridgehead atoms. The van der Waals surface area contributed by atoms with Gasteiger partial charge in [-0.15, -0.1) is 0 Å². The SMILES string of the molecule is CCN(CC)c1ccc(C2/C(=C(/O)c3ccc(Br)cc3)C(=O)C(=O)N2c2ccc(C)cc2)cc1. The normalized spacial score (nSPS) is 17.3. The molecule has 3 aromatic carbocycles. The van der Waals surface area contributed by atoms with E-state index >= 15 is 0 Å². The lowest BCUT2D eigenvalue weighted by atomic mass is 9.95. The molecule has 1 N–H and O–H groups in total. The average Bonchev–Trinajstić information content (AvgIpc) is 3.11. The van der Waals surface area contributed by atoms with Crippen LogP contribution >= 0.6 is 15.9 Å². The van der Waals surface area contributed by atoms with E-state index in [1.54, 1.807) is 24.3 Å². The molecule has 0 aliphatic carbocycles. The Morgan fingerprint density at radius 3 is 2.06 bits per heavy atom. The fraction of sp³-hybridized carbons (Fsp3) is 0.214. The van der Waals surface area contributed by atoms with E-state index in [2.05, 4.69) is 34.7 Å². The number of aliphatic hydroxyl groups excluding tert-OH is 1. The number of nitrogens with zero attached hydrogens (tertiary/aromatic N) is 2. The number of hydrogen-bond acceptors (Lipinski definition) is 4. The van der Waals surface area contributed by atoms with Crippen molar-refractivity contribution in [3.05, 3.63) is 99.5 Å². The molecule has 1 fully saturated rings. The summed E-state index contributed by atoms with van der Waals surface area (Å²) in [6, 6.07) is 21.6. The number of halogens is 1. The highest BCUT2D eigenvalue weighted by Crippen LogP contribution is 2.42. The third kappa shape index (κ3) is 4.38. The number of rotatable bonds is 6. The molecule has 174 valence electrons. The van der Waals surface area contributed by atoms with E-state index in [0.29, 0.717) is 11.3 Å². The van der Waals surface area contributed by atoms with Crippen LogP contribution in [0, 0.1) is 6.92 Å². The minimum absolute atomic E-state index is 0.0866. The first-order valence-corrected chi connectivity index (χ1v) is 12.1. The second kappa shape index (κ2) is 9.85. The fourth-order valence-electron chi connectivity index (χ4n) is 4.34. The number of ketones is 1. The van der Waals surface area contributed by atoms with Gasteiger partial charge in [-0.3, -0.25) is 14.5 Å². The molecule has 0 spiro atoms. The fourth-order valence-corrected chi connectivity index (χ4v) is 4.60. The summed E-state index contributed by atoms with van der Waals surface area (Å²) in [5.74, 6) is -1.53. The molecule has 0 aromatic heterocycles. The molecule has 0 radical (unpaired) electrons. The summed E-state index contributed by atoms with van der Waals surface area (Å²) >= 11 is 3.39. The van der Waals surface area contributed by atoms with Crippen LogP contribution < -0.4 is 9.80 Å². The Balaban J connectivity index is 1.88. The van der Waals surface area contributed by atoms with Gasteiger partial charge in [-0.05, 0) is 62.7 Å². The van der Waals surface area contributed by atoms with Crippen molar-refractivity contribution in [2.45, 2.75) is 26.8 Å². The van der Waals surface area contributed by atoms with Gasteiger partial charge in [0.1, 0.15) is 5.76 Å². The summed E-state index contributed by atoms with van der Waals surface area (Å²) in [4.78, 5) is 30.2. The minimum atomic E-state index is -0.739. The Kier molecular flexibility index (Phi) is 6.89. The van der Waals surface area contributed by atoms with E-state index in [9.17, 15) is 14.7 Å². The number of benzene rings is 3. The minimum Gasteiger partial charge on any atom is -0.507 e. The van der Waals surface area contributed by atoms with Crippen molar-refractivity contribution < 1.29 is 14.7 Å². The third-order valence-corrected chi connectivity index (χ3v) is 6.74. The smallest absolute Gasteiger partial charge is 0.300 e. The van der Waals surface area contributed by atoms with Gasteiger partial charge < -0.3 is 10.0 Å². The summed E-state index contributed by atoms with van der Waals surface area (Å²) in [6.07, 6.45) is 0. The Bertz CT molecular complexity index is 1230. The Morgan fingerprint density at radius 2 is 1.50 bits per heavy atom. The summed E-state index contributed by atoms with van der Waals surface area (Å²) < 4.78 is 0.854. The van der Waals surface area contributed by atoms with Gasteiger partial charge in [0, 0.05) is 34.5 Å². The van der Waals surface area contributed by atoms with E-state index in [1.807, 2.05) is 55.5 Å². The molecule has 6 heteroatoms. The van der Waals surface area contributed by atoms with Crippen LogP contribution in [0.4, 0.5) is 11.4 Å². The van der Waals surface area contributed by atoms with Crippen molar-refractivity contribution in [2.75, 3.05) is 22.9 Å². The number of hydrogen-bond donors (Lipinski definition) is 1. The van der Waals surface area contributed by atoms with Crippen molar-refractivity contribution in [2.24, 2.45) is 0 Å². The predicted molar refractivity (Wildman–Crippen MR) is 140 cm³/mol. The molecular formula is C28H27BrN2O3. The molecule has 34 heavy (non-hydrogen) atoms. The van der Waals surface area contributed by atoms with Gasteiger partial charge in [-0.2, -0.15) is 0 Å². The van der Waals surface area contributed by atoms with Gasteiger partial charge in [0.2, 0.25) is 0 Å².